The number of halogens is 3. The topological polar surface area (TPSA) is 29.6 Å². The van der Waals surface area contributed by atoms with E-state index >= 15 is 0 Å². The van der Waals surface area contributed by atoms with Gasteiger partial charge in [-0.1, -0.05) is 71.8 Å². The number of aromatic nitrogens is 1. The van der Waals surface area contributed by atoms with Crippen LogP contribution in [0.1, 0.15) is 29.2 Å². The summed E-state index contributed by atoms with van der Waals surface area (Å²) in [5.74, 6) is 0. The second kappa shape index (κ2) is 9.19. The van der Waals surface area contributed by atoms with Crippen LogP contribution in [0.3, 0.4) is 0 Å². The predicted molar refractivity (Wildman–Crippen MR) is 128 cm³/mol. The number of benzene rings is 3. The minimum atomic E-state index is -4.50. The molecule has 0 saturated heterocycles. The van der Waals surface area contributed by atoms with Gasteiger partial charge in [-0.2, -0.15) is 18.3 Å². The average Bonchev–Trinajstić information content (AvgIpc) is 3.16. The van der Waals surface area contributed by atoms with Crippen LogP contribution in [-0.4, -0.2) is 10.4 Å². The smallest absolute Gasteiger partial charge is 0.219 e. The van der Waals surface area contributed by atoms with Crippen molar-refractivity contribution in [3.63, 3.8) is 0 Å². The Bertz CT molecular complexity index is 1360. The Labute approximate surface area is 194 Å². The van der Waals surface area contributed by atoms with Gasteiger partial charge < -0.3 is 0 Å². The van der Waals surface area contributed by atoms with Crippen LogP contribution in [0.2, 0.25) is 0 Å². The third-order valence-electron chi connectivity index (χ3n) is 5.18. The third-order valence-corrected chi connectivity index (χ3v) is 5.99. The van der Waals surface area contributed by atoms with Gasteiger partial charge in [0, 0.05) is 10.9 Å². The highest BCUT2D eigenvalue weighted by Crippen LogP contribution is 2.36. The lowest BCUT2D eigenvalue weighted by Crippen LogP contribution is -2.14. The van der Waals surface area contributed by atoms with Gasteiger partial charge in [0.2, 0.25) is 4.80 Å². The Balaban J connectivity index is 1.92. The molecule has 0 unspecified atom stereocenters. The number of hydrogen-bond acceptors (Lipinski definition) is 3. The molecule has 168 valence electrons. The monoisotopic (exact) mass is 465 g/mol. The fourth-order valence-electron chi connectivity index (χ4n) is 3.31. The molecule has 1 heterocycles. The van der Waals surface area contributed by atoms with Gasteiger partial charge in [0.15, 0.2) is 0 Å². The van der Waals surface area contributed by atoms with E-state index in [1.165, 1.54) is 23.5 Å². The molecular weight excluding hydrogens is 443 g/mol. The number of nitrogens with zero attached hydrogens (tertiary/aromatic N) is 3. The predicted octanol–water partition coefficient (Wildman–Crippen LogP) is 7.36. The van der Waals surface area contributed by atoms with Gasteiger partial charge in [-0.15, -0.1) is 11.3 Å². The zero-order valence-electron chi connectivity index (χ0n) is 18.4. The first-order valence-corrected chi connectivity index (χ1v) is 11.2. The van der Waals surface area contributed by atoms with Crippen LogP contribution >= 0.6 is 11.3 Å². The highest BCUT2D eigenvalue weighted by atomic mass is 32.1. The van der Waals surface area contributed by atoms with Gasteiger partial charge in [-0.05, 0) is 38.5 Å². The molecule has 1 aromatic heterocycles. The second-order valence-electron chi connectivity index (χ2n) is 7.76. The van der Waals surface area contributed by atoms with E-state index in [2.05, 4.69) is 4.99 Å². The molecular formula is C26H22F3N3S. The molecule has 7 heteroatoms. The molecule has 0 aliphatic heterocycles. The number of aryl methyl sites for hydroxylation is 2. The largest absolute Gasteiger partial charge is 0.418 e. The molecule has 0 atom stereocenters. The summed E-state index contributed by atoms with van der Waals surface area (Å²) < 4.78 is 42.2. The van der Waals surface area contributed by atoms with Crippen molar-refractivity contribution in [2.75, 3.05) is 0 Å². The first-order valence-electron chi connectivity index (χ1n) is 10.3. The van der Waals surface area contributed by atoms with E-state index in [4.69, 9.17) is 5.10 Å². The van der Waals surface area contributed by atoms with Gasteiger partial charge in [0.25, 0.3) is 0 Å². The van der Waals surface area contributed by atoms with Crippen LogP contribution in [-0.2, 0) is 6.18 Å². The quantitative estimate of drug-likeness (QED) is 0.282. The molecule has 33 heavy (non-hydrogen) atoms. The van der Waals surface area contributed by atoms with Crippen molar-refractivity contribution < 1.29 is 13.2 Å². The molecule has 0 saturated carbocycles. The maximum atomic E-state index is 13.5. The third kappa shape index (κ3) is 5.14. The molecule has 0 N–H and O–H groups in total. The summed E-state index contributed by atoms with van der Waals surface area (Å²) in [7, 11) is 0. The lowest BCUT2D eigenvalue weighted by molar-refractivity contribution is -0.137. The standard InChI is InChI=1S/C26H22F3N3S/c1-17-8-12-20(13-9-17)19(3)31-32-24(21-14-10-18(2)11-15-21)16-33-25(32)30-23-7-5-4-6-22(23)26(27,28)29/h4-16H,1-3H3/b30-25?,31-19-. The van der Waals surface area contributed by atoms with Crippen LogP contribution in [0.5, 0.6) is 0 Å². The Morgan fingerprint density at radius 2 is 1.45 bits per heavy atom. The zero-order chi connectivity index (χ0) is 23.6. The number of thiazole rings is 1. The van der Waals surface area contributed by atoms with Crippen molar-refractivity contribution in [3.8, 4) is 11.3 Å². The average molecular weight is 466 g/mol. The molecule has 4 aromatic rings. The summed E-state index contributed by atoms with van der Waals surface area (Å²) in [5.41, 5.74) is 4.65. The maximum absolute atomic E-state index is 13.5. The fourth-order valence-corrected chi connectivity index (χ4v) is 4.16. The normalized spacial score (nSPS) is 12.9. The van der Waals surface area contributed by atoms with Crippen molar-refractivity contribution in [1.29, 1.82) is 0 Å². The number of para-hydroxylation sites is 1. The molecule has 0 amide bonds. The van der Waals surface area contributed by atoms with Crippen molar-refractivity contribution in [3.05, 3.63) is 105 Å². The zero-order valence-corrected chi connectivity index (χ0v) is 19.2. The van der Waals surface area contributed by atoms with Gasteiger partial charge >= 0.3 is 6.18 Å². The summed E-state index contributed by atoms with van der Waals surface area (Å²) >= 11 is 1.25. The second-order valence-corrected chi connectivity index (χ2v) is 8.60. The Morgan fingerprint density at radius 3 is 2.09 bits per heavy atom. The van der Waals surface area contributed by atoms with Gasteiger partial charge in [-0.3, -0.25) is 0 Å². The van der Waals surface area contributed by atoms with Crippen molar-refractivity contribution >= 4 is 22.7 Å². The Morgan fingerprint density at radius 1 is 0.848 bits per heavy atom. The van der Waals surface area contributed by atoms with E-state index < -0.39 is 11.7 Å². The molecule has 0 radical (unpaired) electrons. The van der Waals surface area contributed by atoms with E-state index in [9.17, 15) is 13.2 Å². The Hall–Kier alpha value is -3.45. The molecule has 3 aromatic carbocycles. The Kier molecular flexibility index (Phi) is 6.33. The number of alkyl halides is 3. The minimum Gasteiger partial charge on any atom is -0.219 e. The molecule has 0 aliphatic carbocycles. The highest BCUT2D eigenvalue weighted by Gasteiger charge is 2.33. The first kappa shape index (κ1) is 22.7. The van der Waals surface area contributed by atoms with E-state index in [1.54, 1.807) is 10.7 Å². The fraction of sp³-hybridized carbons (Fsp3) is 0.154. The van der Waals surface area contributed by atoms with E-state index in [0.29, 0.717) is 4.80 Å². The number of rotatable bonds is 4. The SMILES string of the molecule is C/C(=N/n1c(-c2ccc(C)cc2)csc1=Nc1ccccc1C(F)(F)F)c1ccc(C)cc1. The van der Waals surface area contributed by atoms with Crippen LogP contribution in [0, 0.1) is 13.8 Å². The van der Waals surface area contributed by atoms with E-state index in [0.717, 1.165) is 39.7 Å². The highest BCUT2D eigenvalue weighted by molar-refractivity contribution is 7.07. The van der Waals surface area contributed by atoms with Gasteiger partial charge in [-0.25, -0.2) is 9.67 Å². The summed E-state index contributed by atoms with van der Waals surface area (Å²) in [4.78, 5) is 4.74. The minimum absolute atomic E-state index is 0.140. The van der Waals surface area contributed by atoms with Crippen molar-refractivity contribution in [2.24, 2.45) is 10.1 Å². The summed E-state index contributed by atoms with van der Waals surface area (Å²) in [6.45, 7) is 5.89. The van der Waals surface area contributed by atoms with Crippen LogP contribution < -0.4 is 4.80 Å². The molecule has 0 fully saturated rings. The lowest BCUT2D eigenvalue weighted by Gasteiger charge is -2.10. The maximum Gasteiger partial charge on any atom is 0.418 e. The van der Waals surface area contributed by atoms with Crippen LogP contribution in [0.15, 0.2) is 88.3 Å². The summed E-state index contributed by atoms with van der Waals surface area (Å²) in [5, 5.41) is 6.64. The number of hydrogen-bond donors (Lipinski definition) is 0. The van der Waals surface area contributed by atoms with Gasteiger partial charge in [0.05, 0.1) is 22.7 Å². The van der Waals surface area contributed by atoms with Gasteiger partial charge in [0.1, 0.15) is 0 Å². The summed E-state index contributed by atoms with van der Waals surface area (Å²) in [6, 6.07) is 21.2. The molecule has 4 rings (SSSR count). The molecule has 0 bridgehead atoms. The molecule has 3 nitrogen and oxygen atoms in total. The van der Waals surface area contributed by atoms with E-state index in [1.807, 2.05) is 74.7 Å². The lowest BCUT2D eigenvalue weighted by atomic mass is 10.1. The van der Waals surface area contributed by atoms with Crippen LogP contribution in [0.25, 0.3) is 11.3 Å². The molecule has 0 spiro atoms. The van der Waals surface area contributed by atoms with E-state index in [-0.39, 0.29) is 5.69 Å². The van der Waals surface area contributed by atoms with Crippen molar-refractivity contribution in [1.82, 2.24) is 4.68 Å². The van der Waals surface area contributed by atoms with Crippen LogP contribution in [0.4, 0.5) is 18.9 Å². The molecule has 0 aliphatic rings. The van der Waals surface area contributed by atoms with Crippen molar-refractivity contribution in [2.45, 2.75) is 26.9 Å². The summed E-state index contributed by atoms with van der Waals surface area (Å²) in [6.07, 6.45) is -4.50. The first-order chi connectivity index (χ1) is 15.7.